The zero-order valence-electron chi connectivity index (χ0n) is 15.3. The molecule has 1 aromatic carbocycles. The molecule has 0 unspecified atom stereocenters. The predicted octanol–water partition coefficient (Wildman–Crippen LogP) is 3.58. The number of halogens is 1. The number of imidazole rings is 1. The average Bonchev–Trinajstić information content (AvgIpc) is 3.19. The van der Waals surface area contributed by atoms with Crippen molar-refractivity contribution in [3.8, 4) is 11.3 Å². The number of aromatic nitrogens is 2. The third kappa shape index (κ3) is 3.78. The van der Waals surface area contributed by atoms with E-state index in [9.17, 15) is 9.18 Å². The van der Waals surface area contributed by atoms with Gasteiger partial charge < -0.3 is 10.2 Å². The van der Waals surface area contributed by atoms with E-state index in [4.69, 9.17) is 0 Å². The maximum absolute atomic E-state index is 13.1. The number of hydrogen-bond donors (Lipinski definition) is 1. The number of amides is 1. The molecule has 0 spiro atoms. The van der Waals surface area contributed by atoms with Gasteiger partial charge in [0.25, 0.3) is 5.91 Å². The maximum Gasteiger partial charge on any atom is 0.263 e. The van der Waals surface area contributed by atoms with Crippen LogP contribution < -0.4 is 5.32 Å². The molecule has 26 heavy (non-hydrogen) atoms. The van der Waals surface area contributed by atoms with Gasteiger partial charge in [0.15, 0.2) is 4.96 Å². The van der Waals surface area contributed by atoms with Gasteiger partial charge in [0, 0.05) is 30.5 Å². The lowest BCUT2D eigenvalue weighted by Crippen LogP contribution is -2.34. The van der Waals surface area contributed by atoms with Crippen molar-refractivity contribution >= 4 is 22.2 Å². The molecule has 3 rings (SSSR count). The minimum absolute atomic E-state index is 0.0616. The summed E-state index contributed by atoms with van der Waals surface area (Å²) in [5, 5.41) is 2.99. The molecule has 0 atom stereocenters. The normalized spacial score (nSPS) is 11.4. The standard InChI is InChI=1S/C19H23FN4OS/c1-4-23(5-2)11-10-21-18(25)17-13(3)24-12-16(22-19(24)26-17)14-6-8-15(20)9-7-14/h6-9,12H,4-5,10-11H2,1-3H3,(H,21,25). The van der Waals surface area contributed by atoms with Crippen molar-refractivity contribution in [1.29, 1.82) is 0 Å². The maximum atomic E-state index is 13.1. The van der Waals surface area contributed by atoms with E-state index in [0.717, 1.165) is 41.5 Å². The van der Waals surface area contributed by atoms with Crippen LogP contribution in [0, 0.1) is 12.7 Å². The van der Waals surface area contributed by atoms with Gasteiger partial charge in [-0.05, 0) is 44.3 Å². The fraction of sp³-hybridized carbons (Fsp3) is 0.368. The van der Waals surface area contributed by atoms with Crippen LogP contribution in [-0.2, 0) is 0 Å². The van der Waals surface area contributed by atoms with Crippen LogP contribution in [0.15, 0.2) is 30.5 Å². The smallest absolute Gasteiger partial charge is 0.263 e. The van der Waals surface area contributed by atoms with Gasteiger partial charge in [0.05, 0.1) is 5.69 Å². The second-order valence-corrected chi connectivity index (χ2v) is 7.06. The monoisotopic (exact) mass is 374 g/mol. The summed E-state index contributed by atoms with van der Waals surface area (Å²) in [6, 6.07) is 6.25. The minimum atomic E-state index is -0.269. The molecule has 138 valence electrons. The van der Waals surface area contributed by atoms with Gasteiger partial charge in [0.1, 0.15) is 10.7 Å². The Kier molecular flexibility index (Phi) is 5.68. The summed E-state index contributed by atoms with van der Waals surface area (Å²) >= 11 is 1.37. The van der Waals surface area contributed by atoms with Crippen molar-refractivity contribution in [2.75, 3.05) is 26.2 Å². The lowest BCUT2D eigenvalue weighted by Gasteiger charge is -2.17. The van der Waals surface area contributed by atoms with Crippen molar-refractivity contribution in [2.45, 2.75) is 20.8 Å². The molecular formula is C19H23FN4OS. The highest BCUT2D eigenvalue weighted by atomic mass is 32.1. The quantitative estimate of drug-likeness (QED) is 0.688. The SMILES string of the molecule is CCN(CC)CCNC(=O)c1sc2nc(-c3ccc(F)cc3)cn2c1C. The molecule has 0 fully saturated rings. The molecule has 2 heterocycles. The van der Waals surface area contributed by atoms with Crippen molar-refractivity contribution in [2.24, 2.45) is 0 Å². The first-order chi connectivity index (χ1) is 12.5. The number of fused-ring (bicyclic) bond motifs is 1. The second kappa shape index (κ2) is 7.97. The van der Waals surface area contributed by atoms with Gasteiger partial charge in [-0.15, -0.1) is 0 Å². The summed E-state index contributed by atoms with van der Waals surface area (Å²) in [6.07, 6.45) is 1.89. The van der Waals surface area contributed by atoms with Crippen LogP contribution in [0.5, 0.6) is 0 Å². The van der Waals surface area contributed by atoms with Crippen LogP contribution >= 0.6 is 11.3 Å². The molecule has 1 N–H and O–H groups in total. The molecule has 0 saturated heterocycles. The van der Waals surface area contributed by atoms with Gasteiger partial charge >= 0.3 is 0 Å². The van der Waals surface area contributed by atoms with E-state index in [-0.39, 0.29) is 11.7 Å². The first-order valence-electron chi connectivity index (χ1n) is 8.78. The Morgan fingerprint density at radius 2 is 1.96 bits per heavy atom. The number of aryl methyl sites for hydroxylation is 1. The number of nitrogens with zero attached hydrogens (tertiary/aromatic N) is 3. The number of rotatable bonds is 7. The third-order valence-corrected chi connectivity index (χ3v) is 5.67. The Morgan fingerprint density at radius 1 is 1.27 bits per heavy atom. The van der Waals surface area contributed by atoms with Crippen LogP contribution in [0.25, 0.3) is 16.2 Å². The Balaban J connectivity index is 1.74. The van der Waals surface area contributed by atoms with Crippen molar-refractivity contribution in [1.82, 2.24) is 19.6 Å². The van der Waals surface area contributed by atoms with Crippen molar-refractivity contribution in [3.05, 3.63) is 46.9 Å². The zero-order chi connectivity index (χ0) is 18.7. The first kappa shape index (κ1) is 18.5. The number of benzene rings is 1. The Bertz CT molecular complexity index is 896. The van der Waals surface area contributed by atoms with Gasteiger partial charge in [0.2, 0.25) is 0 Å². The van der Waals surface area contributed by atoms with Gasteiger partial charge in [-0.2, -0.15) is 0 Å². The Morgan fingerprint density at radius 3 is 2.58 bits per heavy atom. The minimum Gasteiger partial charge on any atom is -0.350 e. The van der Waals surface area contributed by atoms with E-state index in [1.165, 1.54) is 23.5 Å². The molecule has 5 nitrogen and oxygen atoms in total. The van der Waals surface area contributed by atoms with Crippen LogP contribution in [0.2, 0.25) is 0 Å². The number of hydrogen-bond acceptors (Lipinski definition) is 4. The molecule has 2 aromatic heterocycles. The molecule has 0 aliphatic heterocycles. The average molecular weight is 374 g/mol. The first-order valence-corrected chi connectivity index (χ1v) is 9.60. The van der Waals surface area contributed by atoms with Gasteiger partial charge in [-0.3, -0.25) is 9.20 Å². The van der Waals surface area contributed by atoms with Crippen LogP contribution in [-0.4, -0.2) is 46.4 Å². The molecule has 0 saturated carbocycles. The lowest BCUT2D eigenvalue weighted by molar-refractivity contribution is 0.0952. The highest BCUT2D eigenvalue weighted by Crippen LogP contribution is 2.27. The van der Waals surface area contributed by atoms with Crippen LogP contribution in [0.4, 0.5) is 4.39 Å². The fourth-order valence-electron chi connectivity index (χ4n) is 2.87. The van der Waals surface area contributed by atoms with E-state index < -0.39 is 0 Å². The van der Waals surface area contributed by atoms with Crippen molar-refractivity contribution < 1.29 is 9.18 Å². The van der Waals surface area contributed by atoms with Crippen molar-refractivity contribution in [3.63, 3.8) is 0 Å². The summed E-state index contributed by atoms with van der Waals surface area (Å²) in [5.41, 5.74) is 2.49. The van der Waals surface area contributed by atoms with E-state index in [1.807, 2.05) is 17.5 Å². The second-order valence-electron chi connectivity index (χ2n) is 6.08. The third-order valence-electron chi connectivity index (χ3n) is 4.51. The molecule has 0 aliphatic rings. The zero-order valence-corrected chi connectivity index (χ0v) is 16.1. The number of likely N-dealkylation sites (N-methyl/N-ethyl adjacent to an activating group) is 1. The predicted molar refractivity (Wildman–Crippen MR) is 103 cm³/mol. The van der Waals surface area contributed by atoms with E-state index in [0.29, 0.717) is 11.4 Å². The van der Waals surface area contributed by atoms with E-state index in [2.05, 4.69) is 29.0 Å². The summed E-state index contributed by atoms with van der Waals surface area (Å²) in [7, 11) is 0. The van der Waals surface area contributed by atoms with E-state index in [1.54, 1.807) is 12.1 Å². The molecule has 0 radical (unpaired) electrons. The Labute approximate surface area is 156 Å². The molecular weight excluding hydrogens is 351 g/mol. The summed E-state index contributed by atoms with van der Waals surface area (Å²) < 4.78 is 15.0. The lowest BCUT2D eigenvalue weighted by atomic mass is 10.2. The molecule has 3 aromatic rings. The van der Waals surface area contributed by atoms with E-state index >= 15 is 0 Å². The number of carbonyl (C=O) groups is 1. The summed E-state index contributed by atoms with van der Waals surface area (Å²) in [5.74, 6) is -0.330. The highest BCUT2D eigenvalue weighted by Gasteiger charge is 2.18. The van der Waals surface area contributed by atoms with Crippen LogP contribution in [0.3, 0.4) is 0 Å². The molecule has 1 amide bonds. The summed E-state index contributed by atoms with van der Waals surface area (Å²) in [6.45, 7) is 9.56. The molecule has 0 aliphatic carbocycles. The fourth-order valence-corrected chi connectivity index (χ4v) is 3.89. The topological polar surface area (TPSA) is 49.6 Å². The van der Waals surface area contributed by atoms with Gasteiger partial charge in [-0.1, -0.05) is 25.2 Å². The summed E-state index contributed by atoms with van der Waals surface area (Å²) in [4.78, 5) is 20.8. The van der Waals surface area contributed by atoms with Gasteiger partial charge in [-0.25, -0.2) is 9.37 Å². The number of thiazole rings is 1. The number of nitrogens with one attached hydrogen (secondary N) is 1. The van der Waals surface area contributed by atoms with Crippen LogP contribution in [0.1, 0.15) is 29.2 Å². The largest absolute Gasteiger partial charge is 0.350 e. The molecule has 0 bridgehead atoms. The Hall–Kier alpha value is -2.25. The number of carbonyl (C=O) groups excluding carboxylic acids is 1. The highest BCUT2D eigenvalue weighted by molar-refractivity contribution is 7.19. The molecule has 7 heteroatoms.